The molecule has 0 bridgehead atoms. The molecule has 1 aliphatic rings. The third-order valence-electron chi connectivity index (χ3n) is 6.21. The van der Waals surface area contributed by atoms with Gasteiger partial charge in [0.25, 0.3) is 0 Å². The Kier molecular flexibility index (Phi) is 4.93. The van der Waals surface area contributed by atoms with Crippen LogP contribution in [0.25, 0.3) is 21.9 Å². The lowest BCUT2D eigenvalue weighted by Gasteiger charge is -2.22. The Morgan fingerprint density at radius 2 is 1.91 bits per heavy atom. The van der Waals surface area contributed by atoms with Crippen molar-refractivity contribution in [3.8, 4) is 11.1 Å². The average Bonchev–Trinajstić information content (AvgIpc) is 3.05. The van der Waals surface area contributed by atoms with E-state index in [9.17, 15) is 0 Å². The molecule has 9 heteroatoms. The maximum Gasteiger partial charge on any atom is 0.154 e. The number of hydrogen-bond acceptors (Lipinski definition) is 7. The smallest absolute Gasteiger partial charge is 0.154 e. The van der Waals surface area contributed by atoms with Crippen molar-refractivity contribution in [3.05, 3.63) is 53.9 Å². The number of halogens is 1. The van der Waals surface area contributed by atoms with E-state index in [-0.39, 0.29) is 11.2 Å². The highest BCUT2D eigenvalue weighted by molar-refractivity contribution is 5.98. The Morgan fingerprint density at radius 3 is 2.73 bits per heavy atom. The number of nitrogens with two attached hydrogens (primary N) is 2. The number of hydrogen-bond donors (Lipinski definition) is 4. The second-order valence-electron chi connectivity index (χ2n) is 9.20. The third kappa shape index (κ3) is 3.84. The Bertz CT molecular complexity index is 1370. The summed E-state index contributed by atoms with van der Waals surface area (Å²) in [5.74, 6) is 0.822. The van der Waals surface area contributed by atoms with Gasteiger partial charge in [-0.3, -0.25) is 9.67 Å². The Morgan fingerprint density at radius 1 is 1.09 bits per heavy atom. The van der Waals surface area contributed by atoms with Crippen LogP contribution in [0, 0.1) is 12.7 Å². The fourth-order valence-electron chi connectivity index (χ4n) is 4.37. The van der Waals surface area contributed by atoms with E-state index in [4.69, 9.17) is 11.5 Å². The summed E-state index contributed by atoms with van der Waals surface area (Å²) >= 11 is 0. The van der Waals surface area contributed by atoms with Gasteiger partial charge in [0.15, 0.2) is 11.6 Å². The minimum atomic E-state index is -0.505. The molecule has 0 saturated heterocycles. The number of nitrogens with one attached hydrogen (secondary N) is 2. The van der Waals surface area contributed by atoms with Crippen LogP contribution in [-0.4, -0.2) is 31.8 Å². The molecule has 1 aromatic carbocycles. The van der Waals surface area contributed by atoms with E-state index >= 15 is 4.39 Å². The van der Waals surface area contributed by atoms with Crippen LogP contribution in [0.2, 0.25) is 0 Å². The predicted octanol–water partition coefficient (Wildman–Crippen LogP) is 3.77. The van der Waals surface area contributed by atoms with Crippen LogP contribution >= 0.6 is 0 Å². The van der Waals surface area contributed by atoms with Gasteiger partial charge in [0.05, 0.1) is 24.1 Å². The number of fused-ring (bicyclic) bond motifs is 2. The van der Waals surface area contributed by atoms with Crippen molar-refractivity contribution in [3.63, 3.8) is 0 Å². The average molecular weight is 447 g/mol. The highest BCUT2D eigenvalue weighted by atomic mass is 19.1. The zero-order valence-electron chi connectivity index (χ0n) is 18.9. The number of pyridine rings is 2. The second kappa shape index (κ2) is 7.70. The summed E-state index contributed by atoms with van der Waals surface area (Å²) in [4.78, 5) is 8.56. The Hall–Kier alpha value is -3.72. The molecular formula is C24H27FN8. The number of anilines is 4. The molecule has 8 nitrogen and oxygen atoms in total. The van der Waals surface area contributed by atoms with E-state index in [0.717, 1.165) is 42.0 Å². The molecule has 4 aromatic rings. The monoisotopic (exact) mass is 446 g/mol. The van der Waals surface area contributed by atoms with E-state index in [1.165, 1.54) is 0 Å². The van der Waals surface area contributed by atoms with Crippen molar-refractivity contribution in [2.45, 2.75) is 39.3 Å². The first kappa shape index (κ1) is 21.1. The van der Waals surface area contributed by atoms with Crippen LogP contribution in [0.1, 0.15) is 25.1 Å². The summed E-state index contributed by atoms with van der Waals surface area (Å²) in [6.45, 7) is 7.88. The van der Waals surface area contributed by atoms with Crippen molar-refractivity contribution in [2.24, 2.45) is 0 Å². The van der Waals surface area contributed by atoms with Crippen molar-refractivity contribution in [1.82, 2.24) is 25.1 Å². The van der Waals surface area contributed by atoms with Crippen LogP contribution in [0.3, 0.4) is 0 Å². The molecule has 170 valence electrons. The summed E-state index contributed by atoms with van der Waals surface area (Å²) in [5.41, 5.74) is 15.6. The van der Waals surface area contributed by atoms with Crippen molar-refractivity contribution >= 4 is 33.8 Å². The van der Waals surface area contributed by atoms with Gasteiger partial charge in [0, 0.05) is 59.2 Å². The molecule has 0 radical (unpaired) electrons. The highest BCUT2D eigenvalue weighted by Crippen LogP contribution is 2.36. The molecule has 6 N–H and O–H groups in total. The molecule has 33 heavy (non-hydrogen) atoms. The van der Waals surface area contributed by atoms with Crippen LogP contribution in [0.4, 0.5) is 27.4 Å². The van der Waals surface area contributed by atoms with E-state index < -0.39 is 5.82 Å². The fourth-order valence-corrected chi connectivity index (χ4v) is 4.37. The normalized spacial score (nSPS) is 15.3. The largest absolute Gasteiger partial charge is 0.397 e. The van der Waals surface area contributed by atoms with E-state index in [1.54, 1.807) is 24.7 Å². The maximum atomic E-state index is 15.1. The standard InChI is InChI=1S/C24H27FN8/c1-13-17(10-28-12-19(13)26)16-6-14-7-20(29-11-18(14)23(27)22(16)25)31-21-8-15-9-24(2,3)30-4-5-33(15)32-21/h6-8,10-12,30H,4-5,9,26-27H2,1-3H3,(H,29,31,32). The molecule has 0 saturated carbocycles. The van der Waals surface area contributed by atoms with Gasteiger partial charge in [-0.05, 0) is 43.9 Å². The third-order valence-corrected chi connectivity index (χ3v) is 6.21. The zero-order chi connectivity index (χ0) is 23.3. The molecule has 4 heterocycles. The van der Waals surface area contributed by atoms with Crippen molar-refractivity contribution in [1.29, 1.82) is 0 Å². The van der Waals surface area contributed by atoms with Gasteiger partial charge >= 0.3 is 0 Å². The molecule has 3 aromatic heterocycles. The number of nitrogens with zero attached hydrogens (tertiary/aromatic N) is 4. The van der Waals surface area contributed by atoms with Gasteiger partial charge in [-0.2, -0.15) is 5.10 Å². The van der Waals surface area contributed by atoms with Crippen LogP contribution < -0.4 is 22.1 Å². The van der Waals surface area contributed by atoms with Crippen LogP contribution in [-0.2, 0) is 13.0 Å². The molecule has 0 atom stereocenters. The second-order valence-corrected chi connectivity index (χ2v) is 9.20. The Balaban J connectivity index is 1.52. The van der Waals surface area contributed by atoms with Gasteiger partial charge in [-0.25, -0.2) is 9.37 Å². The number of benzene rings is 1. The molecule has 0 amide bonds. The SMILES string of the molecule is Cc1c(N)cncc1-c1cc2cc(Nc3cc4n(n3)CCNC(C)(C)C4)ncc2c(N)c1F. The van der Waals surface area contributed by atoms with Gasteiger partial charge in [-0.1, -0.05) is 0 Å². The highest BCUT2D eigenvalue weighted by Gasteiger charge is 2.24. The lowest BCUT2D eigenvalue weighted by atomic mass is 9.97. The first-order chi connectivity index (χ1) is 15.7. The molecule has 0 spiro atoms. The van der Waals surface area contributed by atoms with Gasteiger partial charge in [-0.15, -0.1) is 0 Å². The van der Waals surface area contributed by atoms with Gasteiger partial charge in [0.1, 0.15) is 5.82 Å². The number of rotatable bonds is 3. The van der Waals surface area contributed by atoms with E-state index in [1.807, 2.05) is 23.7 Å². The molecule has 0 fully saturated rings. The van der Waals surface area contributed by atoms with Gasteiger partial charge < -0.3 is 22.1 Å². The number of aromatic nitrogens is 4. The molecule has 0 unspecified atom stereocenters. The minimum Gasteiger partial charge on any atom is -0.397 e. The Labute approximate surface area is 191 Å². The van der Waals surface area contributed by atoms with Gasteiger partial charge in [0.2, 0.25) is 0 Å². The first-order valence-electron chi connectivity index (χ1n) is 10.9. The summed E-state index contributed by atoms with van der Waals surface area (Å²) in [6, 6.07) is 5.65. The van der Waals surface area contributed by atoms with Crippen molar-refractivity contribution < 1.29 is 4.39 Å². The zero-order valence-corrected chi connectivity index (χ0v) is 18.9. The first-order valence-corrected chi connectivity index (χ1v) is 10.9. The lowest BCUT2D eigenvalue weighted by molar-refractivity contribution is 0.399. The molecular weight excluding hydrogens is 419 g/mol. The molecule has 5 rings (SSSR count). The topological polar surface area (TPSA) is 120 Å². The molecule has 1 aliphatic heterocycles. The van der Waals surface area contributed by atoms with Crippen molar-refractivity contribution in [2.75, 3.05) is 23.3 Å². The summed E-state index contributed by atoms with van der Waals surface area (Å²) < 4.78 is 17.2. The predicted molar refractivity (Wildman–Crippen MR) is 130 cm³/mol. The number of nitrogen functional groups attached to an aromatic ring is 2. The lowest BCUT2D eigenvalue weighted by Crippen LogP contribution is -2.40. The summed E-state index contributed by atoms with van der Waals surface area (Å²) in [5, 5.41) is 12.8. The fraction of sp³-hybridized carbons (Fsp3) is 0.292. The van der Waals surface area contributed by atoms with Crippen LogP contribution in [0.5, 0.6) is 0 Å². The van der Waals surface area contributed by atoms with E-state index in [0.29, 0.717) is 28.0 Å². The summed E-state index contributed by atoms with van der Waals surface area (Å²) in [7, 11) is 0. The minimum absolute atomic E-state index is 0.0125. The van der Waals surface area contributed by atoms with Crippen LogP contribution in [0.15, 0.2) is 36.8 Å². The summed E-state index contributed by atoms with van der Waals surface area (Å²) in [6.07, 6.45) is 5.61. The van der Waals surface area contributed by atoms with E-state index in [2.05, 4.69) is 39.5 Å². The quantitative estimate of drug-likeness (QED) is 0.354. The maximum absolute atomic E-state index is 15.1. The molecule has 0 aliphatic carbocycles.